The molecule has 3 N–H and O–H groups in total. The van der Waals surface area contributed by atoms with Gasteiger partial charge in [0.2, 0.25) is 0 Å². The quantitative estimate of drug-likeness (QED) is 0.832. The SMILES string of the molecule is Nc1c(C(=O)Nc2cccnc2)cccc1C(F)(F)F. The van der Waals surface area contributed by atoms with Gasteiger partial charge in [-0.2, -0.15) is 13.2 Å². The molecular weight excluding hydrogens is 271 g/mol. The van der Waals surface area contributed by atoms with E-state index in [1.54, 1.807) is 12.1 Å². The van der Waals surface area contributed by atoms with Crippen LogP contribution in [0.25, 0.3) is 0 Å². The van der Waals surface area contributed by atoms with Crippen LogP contribution < -0.4 is 11.1 Å². The summed E-state index contributed by atoms with van der Waals surface area (Å²) in [7, 11) is 0. The second-order valence-corrected chi connectivity index (χ2v) is 3.96. The molecule has 2 rings (SSSR count). The van der Waals surface area contributed by atoms with Crippen LogP contribution in [0.5, 0.6) is 0 Å². The van der Waals surface area contributed by atoms with Gasteiger partial charge in [-0.05, 0) is 24.3 Å². The van der Waals surface area contributed by atoms with Gasteiger partial charge < -0.3 is 11.1 Å². The van der Waals surface area contributed by atoms with Crippen molar-refractivity contribution in [2.45, 2.75) is 6.18 Å². The summed E-state index contributed by atoms with van der Waals surface area (Å²) in [5, 5.41) is 2.43. The van der Waals surface area contributed by atoms with E-state index in [4.69, 9.17) is 5.73 Å². The maximum Gasteiger partial charge on any atom is 0.418 e. The number of para-hydroxylation sites is 1. The fourth-order valence-corrected chi connectivity index (χ4v) is 1.65. The van der Waals surface area contributed by atoms with Crippen molar-refractivity contribution in [1.29, 1.82) is 0 Å². The van der Waals surface area contributed by atoms with Crippen molar-refractivity contribution in [2.24, 2.45) is 0 Å². The normalized spacial score (nSPS) is 11.2. The van der Waals surface area contributed by atoms with Gasteiger partial charge in [0.15, 0.2) is 0 Å². The van der Waals surface area contributed by atoms with Crippen molar-refractivity contribution in [3.8, 4) is 0 Å². The highest BCUT2D eigenvalue weighted by atomic mass is 19.4. The van der Waals surface area contributed by atoms with Crippen molar-refractivity contribution in [3.63, 3.8) is 0 Å². The Bertz CT molecular complexity index is 627. The maximum absolute atomic E-state index is 12.7. The van der Waals surface area contributed by atoms with Crippen LogP contribution in [0, 0.1) is 0 Å². The number of carbonyl (C=O) groups excluding carboxylic acids is 1. The van der Waals surface area contributed by atoms with E-state index >= 15 is 0 Å². The molecule has 20 heavy (non-hydrogen) atoms. The summed E-state index contributed by atoms with van der Waals surface area (Å²) in [5.41, 5.74) is 3.94. The van der Waals surface area contributed by atoms with E-state index in [-0.39, 0.29) is 5.56 Å². The molecule has 0 saturated heterocycles. The van der Waals surface area contributed by atoms with E-state index in [1.807, 2.05) is 0 Å². The molecular formula is C13H10F3N3O. The summed E-state index contributed by atoms with van der Waals surface area (Å²) >= 11 is 0. The second-order valence-electron chi connectivity index (χ2n) is 3.96. The van der Waals surface area contributed by atoms with E-state index in [9.17, 15) is 18.0 Å². The Morgan fingerprint density at radius 3 is 2.55 bits per heavy atom. The van der Waals surface area contributed by atoms with Gasteiger partial charge in [-0.15, -0.1) is 0 Å². The number of carbonyl (C=O) groups is 1. The van der Waals surface area contributed by atoms with Crippen LogP contribution >= 0.6 is 0 Å². The lowest BCUT2D eigenvalue weighted by atomic mass is 10.1. The largest absolute Gasteiger partial charge is 0.418 e. The third kappa shape index (κ3) is 2.87. The van der Waals surface area contributed by atoms with Gasteiger partial charge in [0.1, 0.15) is 0 Å². The minimum absolute atomic E-state index is 0.233. The van der Waals surface area contributed by atoms with Gasteiger partial charge in [-0.1, -0.05) is 6.07 Å². The summed E-state index contributed by atoms with van der Waals surface area (Å²) in [6.07, 6.45) is -1.72. The molecule has 0 aliphatic carbocycles. The molecule has 0 aliphatic rings. The predicted molar refractivity (Wildman–Crippen MR) is 68.0 cm³/mol. The second kappa shape index (κ2) is 5.20. The van der Waals surface area contributed by atoms with Gasteiger partial charge in [0.25, 0.3) is 5.91 Å². The molecule has 1 heterocycles. The Balaban J connectivity index is 2.32. The fourth-order valence-electron chi connectivity index (χ4n) is 1.65. The lowest BCUT2D eigenvalue weighted by molar-refractivity contribution is -0.136. The number of amides is 1. The zero-order chi connectivity index (χ0) is 14.8. The number of nitrogens with one attached hydrogen (secondary N) is 1. The summed E-state index contributed by atoms with van der Waals surface area (Å²) in [5.74, 6) is -0.721. The van der Waals surface area contributed by atoms with Crippen molar-refractivity contribution in [3.05, 3.63) is 53.9 Å². The zero-order valence-corrected chi connectivity index (χ0v) is 10.1. The monoisotopic (exact) mass is 281 g/mol. The lowest BCUT2D eigenvalue weighted by Crippen LogP contribution is -2.17. The van der Waals surface area contributed by atoms with Gasteiger partial charge in [-0.3, -0.25) is 9.78 Å². The van der Waals surface area contributed by atoms with E-state index in [0.717, 1.165) is 12.1 Å². The number of benzene rings is 1. The molecule has 0 spiro atoms. The smallest absolute Gasteiger partial charge is 0.398 e. The van der Waals surface area contributed by atoms with Gasteiger partial charge >= 0.3 is 6.18 Å². The topological polar surface area (TPSA) is 68.0 Å². The van der Waals surface area contributed by atoms with Crippen LogP contribution in [0.15, 0.2) is 42.7 Å². The molecule has 0 fully saturated rings. The van der Waals surface area contributed by atoms with Gasteiger partial charge in [-0.25, -0.2) is 0 Å². The molecule has 0 unspecified atom stereocenters. The average molecular weight is 281 g/mol. The third-order valence-corrected chi connectivity index (χ3v) is 2.58. The minimum Gasteiger partial charge on any atom is -0.398 e. The number of alkyl halides is 3. The average Bonchev–Trinajstić information content (AvgIpc) is 2.38. The number of rotatable bonds is 2. The number of hydrogen-bond acceptors (Lipinski definition) is 3. The highest BCUT2D eigenvalue weighted by Gasteiger charge is 2.34. The van der Waals surface area contributed by atoms with Crippen LogP contribution in [0.3, 0.4) is 0 Å². The molecule has 0 aliphatic heterocycles. The first-order valence-corrected chi connectivity index (χ1v) is 5.56. The Morgan fingerprint density at radius 1 is 1.20 bits per heavy atom. The van der Waals surface area contributed by atoms with E-state index in [1.165, 1.54) is 18.5 Å². The fraction of sp³-hybridized carbons (Fsp3) is 0.0769. The molecule has 0 saturated carbocycles. The predicted octanol–water partition coefficient (Wildman–Crippen LogP) is 2.93. The minimum atomic E-state index is -4.60. The van der Waals surface area contributed by atoms with E-state index in [2.05, 4.69) is 10.3 Å². The molecule has 1 amide bonds. The Labute approximate surface area is 112 Å². The number of nitrogens with two attached hydrogens (primary N) is 1. The van der Waals surface area contributed by atoms with Gasteiger partial charge in [0, 0.05) is 6.20 Å². The standard InChI is InChI=1S/C13H10F3N3O/c14-13(15,16)10-5-1-4-9(11(10)17)12(20)19-8-3-2-6-18-7-8/h1-7H,17H2,(H,19,20). The number of halogens is 3. The highest BCUT2D eigenvalue weighted by Crippen LogP contribution is 2.35. The zero-order valence-electron chi connectivity index (χ0n) is 10.1. The summed E-state index contributed by atoms with van der Waals surface area (Å²) < 4.78 is 38.1. The molecule has 1 aromatic heterocycles. The summed E-state index contributed by atoms with van der Waals surface area (Å²) in [6.45, 7) is 0. The number of pyridine rings is 1. The van der Waals surface area contributed by atoms with Crippen molar-refractivity contribution in [1.82, 2.24) is 4.98 Å². The number of hydrogen-bond donors (Lipinski definition) is 2. The molecule has 2 aromatic rings. The summed E-state index contributed by atoms with van der Waals surface area (Å²) in [4.78, 5) is 15.7. The number of nitrogens with zero attached hydrogens (tertiary/aromatic N) is 1. The first kappa shape index (κ1) is 13.9. The number of anilines is 2. The third-order valence-electron chi connectivity index (χ3n) is 2.58. The van der Waals surface area contributed by atoms with Crippen molar-refractivity contribution < 1.29 is 18.0 Å². The van der Waals surface area contributed by atoms with E-state index < -0.39 is 23.3 Å². The van der Waals surface area contributed by atoms with Crippen molar-refractivity contribution >= 4 is 17.3 Å². The molecule has 0 bridgehead atoms. The van der Waals surface area contributed by atoms with Crippen LogP contribution in [-0.2, 0) is 6.18 Å². The van der Waals surface area contributed by atoms with Crippen LogP contribution in [0.4, 0.5) is 24.5 Å². The molecule has 1 aromatic carbocycles. The number of nitrogen functional groups attached to an aromatic ring is 1. The molecule has 0 radical (unpaired) electrons. The number of aromatic nitrogens is 1. The Morgan fingerprint density at radius 2 is 1.95 bits per heavy atom. The molecule has 4 nitrogen and oxygen atoms in total. The maximum atomic E-state index is 12.7. The van der Waals surface area contributed by atoms with E-state index in [0.29, 0.717) is 5.69 Å². The van der Waals surface area contributed by atoms with Crippen LogP contribution in [0.1, 0.15) is 15.9 Å². The summed E-state index contributed by atoms with van der Waals surface area (Å²) in [6, 6.07) is 6.35. The molecule has 0 atom stereocenters. The van der Waals surface area contributed by atoms with Crippen molar-refractivity contribution in [2.75, 3.05) is 11.1 Å². The molecule has 7 heteroatoms. The Kier molecular flexibility index (Phi) is 3.60. The van der Waals surface area contributed by atoms with Crippen LogP contribution in [0.2, 0.25) is 0 Å². The van der Waals surface area contributed by atoms with Crippen LogP contribution in [-0.4, -0.2) is 10.9 Å². The Hall–Kier alpha value is -2.57. The van der Waals surface area contributed by atoms with Gasteiger partial charge in [0.05, 0.1) is 28.7 Å². The first-order valence-electron chi connectivity index (χ1n) is 5.56. The molecule has 104 valence electrons. The first-order chi connectivity index (χ1) is 9.39. The highest BCUT2D eigenvalue weighted by molar-refractivity contribution is 6.08. The lowest BCUT2D eigenvalue weighted by Gasteiger charge is -2.13.